The highest BCUT2D eigenvalue weighted by Gasteiger charge is 2.27. The first-order valence-electron chi connectivity index (χ1n) is 6.75. The molecule has 0 atom stereocenters. The fourth-order valence-electron chi connectivity index (χ4n) is 2.10. The van der Waals surface area contributed by atoms with Crippen LogP contribution in [-0.4, -0.2) is 32.4 Å². The Kier molecular flexibility index (Phi) is 6.21. The lowest BCUT2D eigenvalue weighted by atomic mass is 10.2. The molecule has 0 aliphatic carbocycles. The summed E-state index contributed by atoms with van der Waals surface area (Å²) in [5.41, 5.74) is 5.85. The Morgan fingerprint density at radius 1 is 1.25 bits per heavy atom. The number of hydrogen-bond donors (Lipinski definition) is 1. The smallest absolute Gasteiger partial charge is 0.244 e. The number of benzene rings is 1. The fourth-order valence-corrected chi connectivity index (χ4v) is 3.74. The summed E-state index contributed by atoms with van der Waals surface area (Å²) in [7, 11) is -1.91. The van der Waals surface area contributed by atoms with E-state index in [0.717, 1.165) is 12.8 Å². The Hall–Kier alpha value is -1.35. The van der Waals surface area contributed by atoms with Gasteiger partial charge < -0.3 is 5.73 Å². The van der Waals surface area contributed by atoms with E-state index in [0.29, 0.717) is 5.56 Å². The average Bonchev–Trinajstić information content (AvgIpc) is 2.46. The minimum Gasteiger partial charge on any atom is -0.320 e. The van der Waals surface area contributed by atoms with Gasteiger partial charge in [-0.3, -0.25) is 0 Å². The molecular formula is C15H22N2O2S. The molecule has 0 bridgehead atoms. The number of nitrogens with two attached hydrogens (primary N) is 1. The van der Waals surface area contributed by atoms with Crippen molar-refractivity contribution in [2.24, 2.45) is 5.73 Å². The predicted molar refractivity (Wildman–Crippen MR) is 81.7 cm³/mol. The van der Waals surface area contributed by atoms with Crippen molar-refractivity contribution >= 4 is 10.0 Å². The van der Waals surface area contributed by atoms with E-state index in [1.165, 1.54) is 4.31 Å². The van der Waals surface area contributed by atoms with Crippen LogP contribution in [-0.2, 0) is 10.0 Å². The maximum Gasteiger partial charge on any atom is 0.244 e. The van der Waals surface area contributed by atoms with E-state index in [1.807, 2.05) is 13.8 Å². The van der Waals surface area contributed by atoms with E-state index >= 15 is 0 Å². The van der Waals surface area contributed by atoms with Gasteiger partial charge in [0.15, 0.2) is 0 Å². The van der Waals surface area contributed by atoms with Crippen molar-refractivity contribution in [3.8, 4) is 11.8 Å². The van der Waals surface area contributed by atoms with Crippen LogP contribution in [0.1, 0.15) is 32.3 Å². The van der Waals surface area contributed by atoms with Gasteiger partial charge in [-0.1, -0.05) is 37.8 Å². The summed E-state index contributed by atoms with van der Waals surface area (Å²) in [6, 6.07) is 6.78. The molecule has 1 aromatic rings. The van der Waals surface area contributed by atoms with Gasteiger partial charge in [-0.05, 0) is 25.0 Å². The zero-order valence-electron chi connectivity index (χ0n) is 12.3. The van der Waals surface area contributed by atoms with Gasteiger partial charge in [0, 0.05) is 18.7 Å². The van der Waals surface area contributed by atoms with Crippen LogP contribution in [0.15, 0.2) is 29.2 Å². The zero-order valence-corrected chi connectivity index (χ0v) is 13.1. The van der Waals surface area contributed by atoms with Crippen LogP contribution in [0.4, 0.5) is 0 Å². The molecule has 0 saturated heterocycles. The Morgan fingerprint density at radius 3 is 2.40 bits per heavy atom. The molecule has 1 rings (SSSR count). The SMILES string of the molecule is CCC(CC)N(C)S(=O)(=O)c1ccccc1C#CCN. The van der Waals surface area contributed by atoms with Crippen LogP contribution in [0.2, 0.25) is 0 Å². The van der Waals surface area contributed by atoms with Crippen molar-refractivity contribution in [3.05, 3.63) is 29.8 Å². The number of rotatable bonds is 5. The highest BCUT2D eigenvalue weighted by molar-refractivity contribution is 7.89. The lowest BCUT2D eigenvalue weighted by molar-refractivity contribution is 0.349. The van der Waals surface area contributed by atoms with Gasteiger partial charge >= 0.3 is 0 Å². The molecule has 110 valence electrons. The van der Waals surface area contributed by atoms with Crippen molar-refractivity contribution in [2.75, 3.05) is 13.6 Å². The summed E-state index contributed by atoms with van der Waals surface area (Å²) in [5.74, 6) is 5.54. The normalized spacial score (nSPS) is 11.5. The van der Waals surface area contributed by atoms with Gasteiger partial charge in [-0.15, -0.1) is 0 Å². The number of hydrogen-bond acceptors (Lipinski definition) is 3. The summed E-state index contributed by atoms with van der Waals surface area (Å²) in [6.07, 6.45) is 1.56. The molecule has 0 radical (unpaired) electrons. The first kappa shape index (κ1) is 16.7. The molecule has 20 heavy (non-hydrogen) atoms. The van der Waals surface area contributed by atoms with E-state index in [2.05, 4.69) is 11.8 Å². The molecule has 0 spiro atoms. The Balaban J connectivity index is 3.29. The highest BCUT2D eigenvalue weighted by Crippen LogP contribution is 2.22. The predicted octanol–water partition coefficient (Wildman–Crippen LogP) is 1.81. The fraction of sp³-hybridized carbons (Fsp3) is 0.467. The van der Waals surface area contributed by atoms with E-state index < -0.39 is 10.0 Å². The quantitative estimate of drug-likeness (QED) is 0.842. The summed E-state index contributed by atoms with van der Waals surface area (Å²) >= 11 is 0. The standard InChI is InChI=1S/C15H22N2O2S/c1-4-14(5-2)17(3)20(18,19)15-11-7-6-9-13(15)10-8-12-16/h6-7,9,11,14H,4-5,12,16H2,1-3H3. The summed E-state index contributed by atoms with van der Waals surface area (Å²) in [4.78, 5) is 0.246. The van der Waals surface area contributed by atoms with Gasteiger partial charge in [0.25, 0.3) is 0 Å². The highest BCUT2D eigenvalue weighted by atomic mass is 32.2. The molecule has 1 aromatic carbocycles. The molecule has 2 N–H and O–H groups in total. The molecule has 0 fully saturated rings. The van der Waals surface area contributed by atoms with Crippen molar-refractivity contribution in [2.45, 2.75) is 37.6 Å². The third-order valence-electron chi connectivity index (χ3n) is 3.33. The summed E-state index contributed by atoms with van der Waals surface area (Å²) < 4.78 is 26.8. The lowest BCUT2D eigenvalue weighted by Crippen LogP contribution is -2.36. The van der Waals surface area contributed by atoms with Crippen LogP contribution in [0.3, 0.4) is 0 Å². The van der Waals surface area contributed by atoms with Crippen LogP contribution < -0.4 is 5.73 Å². The Bertz CT molecular complexity index is 596. The van der Waals surface area contributed by atoms with E-state index in [-0.39, 0.29) is 17.5 Å². The number of nitrogens with zero attached hydrogens (tertiary/aromatic N) is 1. The second kappa shape index (κ2) is 7.44. The van der Waals surface area contributed by atoms with Crippen LogP contribution >= 0.6 is 0 Å². The lowest BCUT2D eigenvalue weighted by Gasteiger charge is -2.26. The molecule has 4 nitrogen and oxygen atoms in total. The van der Waals surface area contributed by atoms with E-state index in [4.69, 9.17) is 5.73 Å². The van der Waals surface area contributed by atoms with Gasteiger partial charge in [0.05, 0.1) is 11.4 Å². The molecule has 0 saturated carbocycles. The Labute approximate surface area is 122 Å². The van der Waals surface area contributed by atoms with E-state index in [9.17, 15) is 8.42 Å². The summed E-state index contributed by atoms with van der Waals surface area (Å²) in [6.45, 7) is 4.18. The Morgan fingerprint density at radius 2 is 1.85 bits per heavy atom. The van der Waals surface area contributed by atoms with Crippen LogP contribution in [0.25, 0.3) is 0 Å². The molecule has 0 heterocycles. The molecule has 5 heteroatoms. The van der Waals surface area contributed by atoms with E-state index in [1.54, 1.807) is 31.3 Å². The molecule has 0 unspecified atom stereocenters. The first-order chi connectivity index (χ1) is 9.48. The first-order valence-corrected chi connectivity index (χ1v) is 8.19. The maximum absolute atomic E-state index is 12.7. The molecule has 0 amide bonds. The van der Waals surface area contributed by atoms with Crippen LogP contribution in [0, 0.1) is 11.8 Å². The van der Waals surface area contributed by atoms with Gasteiger partial charge in [-0.25, -0.2) is 8.42 Å². The third kappa shape index (κ3) is 3.60. The second-order valence-corrected chi connectivity index (χ2v) is 6.46. The molecular weight excluding hydrogens is 272 g/mol. The second-order valence-electron chi connectivity index (χ2n) is 4.49. The zero-order chi connectivity index (χ0) is 15.2. The molecule has 0 aliphatic heterocycles. The molecule has 0 aromatic heterocycles. The maximum atomic E-state index is 12.7. The van der Waals surface area contributed by atoms with Crippen molar-refractivity contribution in [1.29, 1.82) is 0 Å². The van der Waals surface area contributed by atoms with Crippen molar-refractivity contribution in [1.82, 2.24) is 4.31 Å². The van der Waals surface area contributed by atoms with Crippen LogP contribution in [0.5, 0.6) is 0 Å². The topological polar surface area (TPSA) is 63.4 Å². The monoisotopic (exact) mass is 294 g/mol. The number of sulfonamides is 1. The minimum absolute atomic E-state index is 0.00414. The van der Waals surface area contributed by atoms with Gasteiger partial charge in [0.2, 0.25) is 10.0 Å². The average molecular weight is 294 g/mol. The van der Waals surface area contributed by atoms with Crippen molar-refractivity contribution in [3.63, 3.8) is 0 Å². The van der Waals surface area contributed by atoms with Gasteiger partial charge in [-0.2, -0.15) is 4.31 Å². The summed E-state index contributed by atoms with van der Waals surface area (Å²) in [5, 5.41) is 0. The minimum atomic E-state index is -3.53. The largest absolute Gasteiger partial charge is 0.320 e. The molecule has 0 aliphatic rings. The van der Waals surface area contributed by atoms with Gasteiger partial charge in [0.1, 0.15) is 0 Å². The van der Waals surface area contributed by atoms with Crippen molar-refractivity contribution < 1.29 is 8.42 Å². The third-order valence-corrected chi connectivity index (χ3v) is 5.29.